The number of alkyl halides is 3. The maximum atomic E-state index is 12.8. The van der Waals surface area contributed by atoms with Crippen LogP contribution in [0.3, 0.4) is 0 Å². The number of H-pyrrole nitrogens is 1. The van der Waals surface area contributed by atoms with Crippen molar-refractivity contribution in [2.24, 2.45) is 0 Å². The van der Waals surface area contributed by atoms with E-state index in [1.165, 1.54) is 17.7 Å². The molecule has 0 atom stereocenters. The minimum Gasteiger partial charge on any atom is -0.361 e. The van der Waals surface area contributed by atoms with Gasteiger partial charge in [0, 0.05) is 65.5 Å². The fourth-order valence-electron chi connectivity index (χ4n) is 3.98. The highest BCUT2D eigenvalue weighted by Crippen LogP contribution is 2.31. The lowest BCUT2D eigenvalue weighted by molar-refractivity contribution is -0.137. The van der Waals surface area contributed by atoms with Crippen molar-refractivity contribution in [2.75, 3.05) is 6.54 Å². The van der Waals surface area contributed by atoms with Crippen molar-refractivity contribution in [3.05, 3.63) is 82.3 Å². The van der Waals surface area contributed by atoms with E-state index in [1.807, 2.05) is 24.4 Å². The Kier molecular flexibility index (Phi) is 4.95. The fourth-order valence-corrected chi connectivity index (χ4v) is 4.15. The standard InChI is InChI=1S/C23H18ClF3N4/c24-18-5-6-21-19(9-18)15(10-28-21)12-31-8-7-20-16(13-31)11-29-22(30-20)14-1-3-17(4-2-14)23(25,26)27/h1-6,9-11,28H,7-8,12-13H2. The van der Waals surface area contributed by atoms with Crippen LogP contribution in [0.15, 0.2) is 54.9 Å². The highest BCUT2D eigenvalue weighted by molar-refractivity contribution is 6.31. The van der Waals surface area contributed by atoms with E-state index in [2.05, 4.69) is 19.9 Å². The Balaban J connectivity index is 1.33. The number of fused-ring (bicyclic) bond motifs is 2. The third-order valence-electron chi connectivity index (χ3n) is 5.61. The first-order valence-corrected chi connectivity index (χ1v) is 10.2. The second-order valence-electron chi connectivity index (χ2n) is 7.71. The minimum absolute atomic E-state index is 0.451. The molecule has 4 aromatic rings. The largest absolute Gasteiger partial charge is 0.416 e. The molecule has 1 N–H and O–H groups in total. The summed E-state index contributed by atoms with van der Waals surface area (Å²) in [4.78, 5) is 14.6. The first-order chi connectivity index (χ1) is 14.9. The Bertz CT molecular complexity index is 1250. The van der Waals surface area contributed by atoms with Crippen LogP contribution in [0.5, 0.6) is 0 Å². The summed E-state index contributed by atoms with van der Waals surface area (Å²) in [7, 11) is 0. The van der Waals surface area contributed by atoms with Crippen LogP contribution in [0.25, 0.3) is 22.3 Å². The first kappa shape index (κ1) is 20.0. The van der Waals surface area contributed by atoms with Gasteiger partial charge in [0.2, 0.25) is 0 Å². The van der Waals surface area contributed by atoms with Crippen LogP contribution >= 0.6 is 11.6 Å². The molecule has 158 valence electrons. The van der Waals surface area contributed by atoms with Crippen molar-refractivity contribution in [1.29, 1.82) is 0 Å². The van der Waals surface area contributed by atoms with Crippen LogP contribution in [-0.4, -0.2) is 26.4 Å². The molecule has 0 spiro atoms. The summed E-state index contributed by atoms with van der Waals surface area (Å²) in [6.07, 6.45) is 0.206. The van der Waals surface area contributed by atoms with Gasteiger partial charge < -0.3 is 4.98 Å². The van der Waals surface area contributed by atoms with Crippen LogP contribution in [0.1, 0.15) is 22.4 Å². The van der Waals surface area contributed by atoms with Gasteiger partial charge in [0.05, 0.1) is 11.3 Å². The Labute approximate surface area is 181 Å². The lowest BCUT2D eigenvalue weighted by atomic mass is 10.1. The smallest absolute Gasteiger partial charge is 0.361 e. The summed E-state index contributed by atoms with van der Waals surface area (Å²) in [5, 5.41) is 1.83. The quantitative estimate of drug-likeness (QED) is 0.432. The SMILES string of the molecule is FC(F)(F)c1ccc(-c2ncc3c(n2)CCN(Cc2c[nH]c4ccc(Cl)cc24)C3)cc1. The highest BCUT2D eigenvalue weighted by atomic mass is 35.5. The summed E-state index contributed by atoms with van der Waals surface area (Å²) in [5.41, 5.74) is 4.13. The normalized spacial score (nSPS) is 14.7. The molecule has 0 unspecified atom stereocenters. The second-order valence-corrected chi connectivity index (χ2v) is 8.14. The van der Waals surface area contributed by atoms with Crippen LogP contribution in [0.2, 0.25) is 5.02 Å². The van der Waals surface area contributed by atoms with E-state index in [1.54, 1.807) is 6.20 Å². The van der Waals surface area contributed by atoms with Crippen LogP contribution in [0, 0.1) is 0 Å². The van der Waals surface area contributed by atoms with E-state index < -0.39 is 11.7 Å². The molecule has 2 aromatic carbocycles. The summed E-state index contributed by atoms with van der Waals surface area (Å²) < 4.78 is 38.3. The fraction of sp³-hybridized carbons (Fsp3) is 0.217. The van der Waals surface area contributed by atoms with Gasteiger partial charge in [-0.2, -0.15) is 13.2 Å². The molecule has 4 nitrogen and oxygen atoms in total. The zero-order valence-corrected chi connectivity index (χ0v) is 17.1. The zero-order valence-electron chi connectivity index (χ0n) is 16.4. The Morgan fingerprint density at radius 2 is 1.90 bits per heavy atom. The molecule has 31 heavy (non-hydrogen) atoms. The molecule has 8 heteroatoms. The Morgan fingerprint density at radius 1 is 1.10 bits per heavy atom. The number of nitrogens with zero attached hydrogens (tertiary/aromatic N) is 3. The lowest BCUT2D eigenvalue weighted by Crippen LogP contribution is -2.30. The molecule has 0 aliphatic carbocycles. The number of benzene rings is 2. The third-order valence-corrected chi connectivity index (χ3v) is 5.84. The van der Waals surface area contributed by atoms with Crippen LogP contribution in [-0.2, 0) is 25.7 Å². The van der Waals surface area contributed by atoms with E-state index in [-0.39, 0.29) is 0 Å². The second kappa shape index (κ2) is 7.66. The number of aromatic amines is 1. The molecule has 0 bridgehead atoms. The van der Waals surface area contributed by atoms with Gasteiger partial charge in [0.25, 0.3) is 0 Å². The van der Waals surface area contributed by atoms with E-state index in [0.717, 1.165) is 60.3 Å². The predicted molar refractivity (Wildman–Crippen MR) is 114 cm³/mol. The molecule has 1 aliphatic rings. The van der Waals surface area contributed by atoms with Gasteiger partial charge in [-0.3, -0.25) is 4.90 Å². The van der Waals surface area contributed by atoms with Gasteiger partial charge in [-0.25, -0.2) is 9.97 Å². The predicted octanol–water partition coefficient (Wildman–Crippen LogP) is 5.86. The summed E-state index contributed by atoms with van der Waals surface area (Å²) in [6.45, 7) is 2.33. The van der Waals surface area contributed by atoms with Crippen molar-refractivity contribution in [2.45, 2.75) is 25.7 Å². The minimum atomic E-state index is -4.35. The summed E-state index contributed by atoms with van der Waals surface area (Å²) >= 11 is 6.15. The number of rotatable bonds is 3. The molecule has 1 aliphatic heterocycles. The number of hydrogen-bond donors (Lipinski definition) is 1. The average molecular weight is 443 g/mol. The molecule has 0 radical (unpaired) electrons. The van der Waals surface area contributed by atoms with Crippen LogP contribution < -0.4 is 0 Å². The molecule has 5 rings (SSSR count). The number of aromatic nitrogens is 3. The van der Waals surface area contributed by atoms with Crippen molar-refractivity contribution in [1.82, 2.24) is 19.9 Å². The zero-order chi connectivity index (χ0) is 21.6. The van der Waals surface area contributed by atoms with Crippen molar-refractivity contribution in [3.8, 4) is 11.4 Å². The molecule has 0 saturated heterocycles. The highest BCUT2D eigenvalue weighted by Gasteiger charge is 2.30. The lowest BCUT2D eigenvalue weighted by Gasteiger charge is -2.28. The Hall–Kier alpha value is -2.90. The molecule has 0 saturated carbocycles. The first-order valence-electron chi connectivity index (χ1n) is 9.87. The van der Waals surface area contributed by atoms with E-state index >= 15 is 0 Å². The Morgan fingerprint density at radius 3 is 2.68 bits per heavy atom. The van der Waals surface area contributed by atoms with Gasteiger partial charge in [-0.1, -0.05) is 23.7 Å². The molecule has 0 amide bonds. The summed E-state index contributed by atoms with van der Waals surface area (Å²) in [6, 6.07) is 10.8. The monoisotopic (exact) mass is 442 g/mol. The van der Waals surface area contributed by atoms with Gasteiger partial charge >= 0.3 is 6.18 Å². The van der Waals surface area contributed by atoms with E-state index in [4.69, 9.17) is 11.6 Å². The average Bonchev–Trinajstić information content (AvgIpc) is 3.14. The van der Waals surface area contributed by atoms with E-state index in [9.17, 15) is 13.2 Å². The van der Waals surface area contributed by atoms with Crippen molar-refractivity contribution in [3.63, 3.8) is 0 Å². The maximum Gasteiger partial charge on any atom is 0.416 e. The molecule has 0 fully saturated rings. The number of nitrogens with one attached hydrogen (secondary N) is 1. The van der Waals surface area contributed by atoms with Gasteiger partial charge in [0.15, 0.2) is 5.82 Å². The van der Waals surface area contributed by atoms with Gasteiger partial charge in [-0.15, -0.1) is 0 Å². The molecule has 3 heterocycles. The van der Waals surface area contributed by atoms with Gasteiger partial charge in [0.1, 0.15) is 0 Å². The molecule has 2 aromatic heterocycles. The topological polar surface area (TPSA) is 44.8 Å². The van der Waals surface area contributed by atoms with Crippen molar-refractivity contribution >= 4 is 22.5 Å². The third kappa shape index (κ3) is 4.03. The van der Waals surface area contributed by atoms with Crippen LogP contribution in [0.4, 0.5) is 13.2 Å². The maximum absolute atomic E-state index is 12.8. The summed E-state index contributed by atoms with van der Waals surface area (Å²) in [5.74, 6) is 0.451. The number of hydrogen-bond acceptors (Lipinski definition) is 3. The molecular weight excluding hydrogens is 425 g/mol. The number of halogens is 4. The van der Waals surface area contributed by atoms with Crippen molar-refractivity contribution < 1.29 is 13.2 Å². The van der Waals surface area contributed by atoms with E-state index in [0.29, 0.717) is 16.4 Å². The van der Waals surface area contributed by atoms with Gasteiger partial charge in [-0.05, 0) is 35.9 Å². The molecular formula is C23H18ClF3N4.